The smallest absolute Gasteiger partial charge is 0.272 e. The molecule has 2 atom stereocenters. The molecule has 4 heteroatoms. The maximum Gasteiger partial charge on any atom is 0.272 e. The van der Waals surface area contributed by atoms with E-state index < -0.39 is 0 Å². The van der Waals surface area contributed by atoms with Gasteiger partial charge in [0.2, 0.25) is 0 Å². The van der Waals surface area contributed by atoms with E-state index in [-0.39, 0.29) is 22.6 Å². The van der Waals surface area contributed by atoms with E-state index in [4.69, 9.17) is 0 Å². The van der Waals surface area contributed by atoms with Crippen molar-refractivity contribution in [2.75, 3.05) is 7.05 Å². The lowest BCUT2D eigenvalue weighted by Gasteiger charge is -2.19. The number of benzene rings is 1. The molecule has 0 amide bonds. The van der Waals surface area contributed by atoms with E-state index in [0.717, 1.165) is 5.56 Å². The van der Waals surface area contributed by atoms with Gasteiger partial charge in [-0.15, -0.1) is 0 Å². The molecule has 0 aromatic heterocycles. The molecule has 1 aromatic carbocycles. The number of rotatable bonds is 4. The standard InChI is InChI=1S/C11H16N2O2/c1-8(9(2)12-3)10-6-4-5-7-11(10)13(14)15/h4-9,12H,1-3H3. The van der Waals surface area contributed by atoms with Crippen LogP contribution < -0.4 is 5.32 Å². The summed E-state index contributed by atoms with van der Waals surface area (Å²) in [5.41, 5.74) is 0.983. The van der Waals surface area contributed by atoms with Crippen LogP contribution in [0.25, 0.3) is 0 Å². The molecular formula is C11H16N2O2. The molecule has 1 N–H and O–H groups in total. The largest absolute Gasteiger partial charge is 0.317 e. The molecule has 0 saturated carbocycles. The maximum atomic E-state index is 10.8. The van der Waals surface area contributed by atoms with E-state index in [2.05, 4.69) is 5.32 Å². The molecule has 15 heavy (non-hydrogen) atoms. The molecule has 2 unspecified atom stereocenters. The van der Waals surface area contributed by atoms with Gasteiger partial charge >= 0.3 is 0 Å². The molecule has 0 radical (unpaired) electrons. The molecule has 0 saturated heterocycles. The van der Waals surface area contributed by atoms with Gasteiger partial charge in [0.05, 0.1) is 4.92 Å². The lowest BCUT2D eigenvalue weighted by atomic mass is 9.93. The lowest BCUT2D eigenvalue weighted by molar-refractivity contribution is -0.385. The number of nitro groups is 1. The van der Waals surface area contributed by atoms with Crippen molar-refractivity contribution < 1.29 is 4.92 Å². The Morgan fingerprint density at radius 2 is 1.93 bits per heavy atom. The third kappa shape index (κ3) is 2.53. The Hall–Kier alpha value is -1.42. The molecule has 0 heterocycles. The topological polar surface area (TPSA) is 55.2 Å². The Morgan fingerprint density at radius 3 is 2.47 bits per heavy atom. The van der Waals surface area contributed by atoms with Crippen LogP contribution in [0.1, 0.15) is 25.3 Å². The zero-order valence-corrected chi connectivity index (χ0v) is 9.23. The number of para-hydroxylation sites is 1. The lowest BCUT2D eigenvalue weighted by Crippen LogP contribution is -2.27. The van der Waals surface area contributed by atoms with Crippen LogP contribution in [0.2, 0.25) is 0 Å². The quantitative estimate of drug-likeness (QED) is 0.610. The summed E-state index contributed by atoms with van der Waals surface area (Å²) in [4.78, 5) is 10.5. The minimum Gasteiger partial charge on any atom is -0.317 e. The number of nitrogens with one attached hydrogen (secondary N) is 1. The fourth-order valence-electron chi connectivity index (χ4n) is 1.56. The summed E-state index contributed by atoms with van der Waals surface area (Å²) in [5, 5.41) is 13.9. The first-order valence-corrected chi connectivity index (χ1v) is 4.98. The second-order valence-corrected chi connectivity index (χ2v) is 3.68. The van der Waals surface area contributed by atoms with Crippen LogP contribution in [0.4, 0.5) is 5.69 Å². The molecule has 0 aliphatic heterocycles. The van der Waals surface area contributed by atoms with Gasteiger partial charge in [0, 0.05) is 23.6 Å². The van der Waals surface area contributed by atoms with Gasteiger partial charge in [-0.05, 0) is 14.0 Å². The predicted octanol–water partition coefficient (Wildman–Crippen LogP) is 2.31. The Balaban J connectivity index is 3.07. The minimum atomic E-state index is -0.325. The van der Waals surface area contributed by atoms with Crippen molar-refractivity contribution in [1.29, 1.82) is 0 Å². The first-order valence-electron chi connectivity index (χ1n) is 4.98. The number of hydrogen-bond donors (Lipinski definition) is 1. The molecule has 0 aliphatic carbocycles. The Kier molecular flexibility index (Phi) is 3.80. The van der Waals surface area contributed by atoms with Crippen molar-refractivity contribution >= 4 is 5.69 Å². The van der Waals surface area contributed by atoms with Gasteiger partial charge in [-0.25, -0.2) is 0 Å². The van der Waals surface area contributed by atoms with Crippen molar-refractivity contribution in [3.63, 3.8) is 0 Å². The van der Waals surface area contributed by atoms with Crippen molar-refractivity contribution in [1.82, 2.24) is 5.32 Å². The molecule has 0 spiro atoms. The molecule has 0 bridgehead atoms. The van der Waals surface area contributed by atoms with E-state index in [1.165, 1.54) is 0 Å². The molecule has 0 aliphatic rings. The Labute approximate surface area is 89.5 Å². The summed E-state index contributed by atoms with van der Waals surface area (Å²) in [6.45, 7) is 4.00. The molecule has 1 aromatic rings. The second-order valence-electron chi connectivity index (χ2n) is 3.68. The third-order valence-electron chi connectivity index (χ3n) is 2.83. The number of nitrogens with zero attached hydrogens (tertiary/aromatic N) is 1. The van der Waals surface area contributed by atoms with E-state index in [0.29, 0.717) is 0 Å². The van der Waals surface area contributed by atoms with Crippen molar-refractivity contribution in [2.24, 2.45) is 0 Å². The number of likely N-dealkylation sites (N-methyl/N-ethyl adjacent to an activating group) is 1. The Bertz CT molecular complexity index is 352. The summed E-state index contributed by atoms with van der Waals surface area (Å²) >= 11 is 0. The second kappa shape index (κ2) is 4.89. The van der Waals surface area contributed by atoms with Gasteiger partial charge in [-0.1, -0.05) is 25.1 Å². The van der Waals surface area contributed by atoms with Crippen LogP contribution in [0.3, 0.4) is 0 Å². The van der Waals surface area contributed by atoms with Gasteiger partial charge < -0.3 is 5.32 Å². The number of hydrogen-bond acceptors (Lipinski definition) is 3. The maximum absolute atomic E-state index is 10.8. The summed E-state index contributed by atoms with van der Waals surface area (Å²) < 4.78 is 0. The number of nitro benzene ring substituents is 1. The zero-order chi connectivity index (χ0) is 11.4. The van der Waals surface area contributed by atoms with Crippen LogP contribution in [0, 0.1) is 10.1 Å². The minimum absolute atomic E-state index is 0.122. The van der Waals surface area contributed by atoms with Gasteiger partial charge in [0.25, 0.3) is 5.69 Å². The van der Waals surface area contributed by atoms with Crippen LogP contribution >= 0.6 is 0 Å². The van der Waals surface area contributed by atoms with E-state index in [1.807, 2.05) is 33.0 Å². The summed E-state index contributed by atoms with van der Waals surface area (Å²) in [6.07, 6.45) is 0. The van der Waals surface area contributed by atoms with Crippen LogP contribution in [-0.4, -0.2) is 18.0 Å². The van der Waals surface area contributed by atoms with Crippen LogP contribution in [0.5, 0.6) is 0 Å². The predicted molar refractivity (Wildman–Crippen MR) is 60.0 cm³/mol. The highest BCUT2D eigenvalue weighted by Crippen LogP contribution is 2.27. The van der Waals surface area contributed by atoms with Gasteiger partial charge in [-0.3, -0.25) is 10.1 Å². The fraction of sp³-hybridized carbons (Fsp3) is 0.455. The third-order valence-corrected chi connectivity index (χ3v) is 2.83. The zero-order valence-electron chi connectivity index (χ0n) is 9.23. The highest BCUT2D eigenvalue weighted by atomic mass is 16.6. The highest BCUT2D eigenvalue weighted by molar-refractivity contribution is 5.42. The normalized spacial score (nSPS) is 14.6. The monoisotopic (exact) mass is 208 g/mol. The average Bonchev–Trinajstić information content (AvgIpc) is 2.27. The van der Waals surface area contributed by atoms with Crippen molar-refractivity contribution in [3.8, 4) is 0 Å². The fourth-order valence-corrected chi connectivity index (χ4v) is 1.56. The van der Waals surface area contributed by atoms with Gasteiger partial charge in [0.15, 0.2) is 0 Å². The van der Waals surface area contributed by atoms with E-state index in [1.54, 1.807) is 12.1 Å². The molecule has 1 rings (SSSR count). The van der Waals surface area contributed by atoms with Crippen molar-refractivity contribution in [2.45, 2.75) is 25.8 Å². The first kappa shape index (κ1) is 11.7. The van der Waals surface area contributed by atoms with Crippen molar-refractivity contribution in [3.05, 3.63) is 39.9 Å². The first-order chi connectivity index (χ1) is 7.07. The summed E-state index contributed by atoms with van der Waals surface area (Å²) in [5.74, 6) is 0.122. The van der Waals surface area contributed by atoms with E-state index >= 15 is 0 Å². The molecule has 0 fully saturated rings. The van der Waals surface area contributed by atoms with E-state index in [9.17, 15) is 10.1 Å². The molecule has 4 nitrogen and oxygen atoms in total. The average molecular weight is 208 g/mol. The summed E-state index contributed by atoms with van der Waals surface area (Å²) in [6, 6.07) is 7.11. The Morgan fingerprint density at radius 1 is 1.33 bits per heavy atom. The van der Waals surface area contributed by atoms with Gasteiger partial charge in [-0.2, -0.15) is 0 Å². The molecule has 82 valence electrons. The van der Waals surface area contributed by atoms with Crippen LogP contribution in [0.15, 0.2) is 24.3 Å². The molecular weight excluding hydrogens is 192 g/mol. The van der Waals surface area contributed by atoms with Gasteiger partial charge in [0.1, 0.15) is 0 Å². The SMILES string of the molecule is CNC(C)C(C)c1ccccc1[N+](=O)[O-]. The highest BCUT2D eigenvalue weighted by Gasteiger charge is 2.21. The summed E-state index contributed by atoms with van der Waals surface area (Å²) in [7, 11) is 1.86. The van der Waals surface area contributed by atoms with Crippen LogP contribution in [-0.2, 0) is 0 Å².